The molecule has 2 heterocycles. The fourth-order valence-electron chi connectivity index (χ4n) is 1.94. The van der Waals surface area contributed by atoms with Crippen LogP contribution in [0.15, 0.2) is 12.3 Å². The molecule has 0 radical (unpaired) electrons. The van der Waals surface area contributed by atoms with Gasteiger partial charge in [0.15, 0.2) is 0 Å². The van der Waals surface area contributed by atoms with Gasteiger partial charge in [-0.3, -0.25) is 9.78 Å². The van der Waals surface area contributed by atoms with Crippen molar-refractivity contribution in [1.29, 1.82) is 0 Å². The van der Waals surface area contributed by atoms with Gasteiger partial charge in [0.2, 0.25) is 0 Å². The zero-order chi connectivity index (χ0) is 11.5. The fourth-order valence-corrected chi connectivity index (χ4v) is 1.94. The van der Waals surface area contributed by atoms with E-state index in [2.05, 4.69) is 4.98 Å². The molecule has 1 aliphatic heterocycles. The van der Waals surface area contributed by atoms with E-state index in [1.54, 1.807) is 6.20 Å². The number of rotatable bonds is 1. The van der Waals surface area contributed by atoms with E-state index in [9.17, 15) is 4.79 Å². The maximum atomic E-state index is 12.3. The summed E-state index contributed by atoms with van der Waals surface area (Å²) in [5, 5.41) is 0. The summed E-state index contributed by atoms with van der Waals surface area (Å²) in [5.41, 5.74) is 2.53. The second-order valence-corrected chi connectivity index (χ2v) is 3.99. The normalized spacial score (nSPS) is 16.2. The van der Waals surface area contributed by atoms with Crippen molar-refractivity contribution in [1.82, 2.24) is 9.88 Å². The van der Waals surface area contributed by atoms with Crippen LogP contribution in [0.3, 0.4) is 0 Å². The maximum absolute atomic E-state index is 12.3. The van der Waals surface area contributed by atoms with E-state index in [-0.39, 0.29) is 5.91 Å². The Labute approximate surface area is 95.2 Å². The number of carbonyl (C=O) groups is 1. The topological polar surface area (TPSA) is 42.4 Å². The SMILES string of the molecule is Cc1ccnc(C)c1C(=O)N1CCOCC1. The molecule has 0 aromatic carbocycles. The molecule has 86 valence electrons. The van der Waals surface area contributed by atoms with Crippen LogP contribution in [0.1, 0.15) is 21.6 Å². The number of aromatic nitrogens is 1. The summed E-state index contributed by atoms with van der Waals surface area (Å²) < 4.78 is 5.24. The van der Waals surface area contributed by atoms with Crippen LogP contribution in [0.4, 0.5) is 0 Å². The number of ether oxygens (including phenoxy) is 1. The Kier molecular flexibility index (Phi) is 3.19. The highest BCUT2D eigenvalue weighted by molar-refractivity contribution is 5.96. The molecule has 0 unspecified atom stereocenters. The van der Waals surface area contributed by atoms with Crippen LogP contribution in [0, 0.1) is 13.8 Å². The van der Waals surface area contributed by atoms with Crippen molar-refractivity contribution in [3.63, 3.8) is 0 Å². The van der Waals surface area contributed by atoms with Crippen LogP contribution in [0.5, 0.6) is 0 Å². The second kappa shape index (κ2) is 4.61. The molecular weight excluding hydrogens is 204 g/mol. The average Bonchev–Trinajstić information content (AvgIpc) is 2.30. The molecule has 4 heteroatoms. The van der Waals surface area contributed by atoms with Crippen LogP contribution in [-0.4, -0.2) is 42.1 Å². The summed E-state index contributed by atoms with van der Waals surface area (Å²) in [6.45, 7) is 6.43. The van der Waals surface area contributed by atoms with Crippen LogP contribution >= 0.6 is 0 Å². The van der Waals surface area contributed by atoms with Crippen LogP contribution in [-0.2, 0) is 4.74 Å². The minimum Gasteiger partial charge on any atom is -0.378 e. The quantitative estimate of drug-likeness (QED) is 0.713. The van der Waals surface area contributed by atoms with Crippen molar-refractivity contribution in [2.45, 2.75) is 13.8 Å². The van der Waals surface area contributed by atoms with E-state index in [4.69, 9.17) is 4.74 Å². The smallest absolute Gasteiger partial charge is 0.256 e. The van der Waals surface area contributed by atoms with Crippen molar-refractivity contribution >= 4 is 5.91 Å². The molecule has 0 aliphatic carbocycles. The molecule has 1 fully saturated rings. The summed E-state index contributed by atoms with van der Waals surface area (Å²) in [5.74, 6) is 0.0754. The highest BCUT2D eigenvalue weighted by atomic mass is 16.5. The van der Waals surface area contributed by atoms with Gasteiger partial charge in [0, 0.05) is 19.3 Å². The first-order valence-electron chi connectivity index (χ1n) is 5.49. The molecule has 4 nitrogen and oxygen atoms in total. The van der Waals surface area contributed by atoms with E-state index in [0.717, 1.165) is 16.8 Å². The molecule has 0 atom stereocenters. The van der Waals surface area contributed by atoms with Crippen molar-refractivity contribution in [3.8, 4) is 0 Å². The third-order valence-corrected chi connectivity index (χ3v) is 2.86. The summed E-state index contributed by atoms with van der Waals surface area (Å²) in [6, 6.07) is 1.88. The summed E-state index contributed by atoms with van der Waals surface area (Å²) in [6.07, 6.45) is 1.74. The number of carbonyl (C=O) groups excluding carboxylic acids is 1. The predicted molar refractivity (Wildman–Crippen MR) is 60.4 cm³/mol. The number of hydrogen-bond donors (Lipinski definition) is 0. The van der Waals surface area contributed by atoms with E-state index in [0.29, 0.717) is 26.3 Å². The first-order valence-corrected chi connectivity index (χ1v) is 5.49. The van der Waals surface area contributed by atoms with Crippen LogP contribution in [0.25, 0.3) is 0 Å². The van der Waals surface area contributed by atoms with Crippen molar-refractivity contribution < 1.29 is 9.53 Å². The Morgan fingerprint density at radius 1 is 1.38 bits per heavy atom. The zero-order valence-corrected chi connectivity index (χ0v) is 9.69. The number of amides is 1. The third kappa shape index (κ3) is 2.07. The summed E-state index contributed by atoms with van der Waals surface area (Å²) in [7, 11) is 0. The number of aryl methyl sites for hydroxylation is 2. The fraction of sp³-hybridized carbons (Fsp3) is 0.500. The second-order valence-electron chi connectivity index (χ2n) is 3.99. The molecule has 2 rings (SSSR count). The summed E-state index contributed by atoms with van der Waals surface area (Å²) in [4.78, 5) is 18.3. The Hall–Kier alpha value is -1.42. The Bertz CT molecular complexity index is 378. The lowest BCUT2D eigenvalue weighted by atomic mass is 10.1. The lowest BCUT2D eigenvalue weighted by molar-refractivity contribution is 0.0301. The van der Waals surface area contributed by atoms with Gasteiger partial charge in [-0.15, -0.1) is 0 Å². The first kappa shape index (κ1) is 11.1. The Morgan fingerprint density at radius 3 is 2.69 bits per heavy atom. The molecule has 0 N–H and O–H groups in total. The van der Waals surface area contributed by atoms with E-state index >= 15 is 0 Å². The van der Waals surface area contributed by atoms with Crippen molar-refractivity contribution in [3.05, 3.63) is 29.1 Å². The van der Waals surface area contributed by atoms with Crippen LogP contribution in [0.2, 0.25) is 0 Å². The first-order chi connectivity index (χ1) is 7.70. The van der Waals surface area contributed by atoms with E-state index in [1.807, 2.05) is 24.8 Å². The molecule has 16 heavy (non-hydrogen) atoms. The van der Waals surface area contributed by atoms with Gasteiger partial charge in [-0.05, 0) is 25.5 Å². The van der Waals surface area contributed by atoms with Gasteiger partial charge in [0.25, 0.3) is 5.91 Å². The molecular formula is C12H16N2O2. The molecule has 1 aromatic rings. The number of nitrogens with zero attached hydrogens (tertiary/aromatic N) is 2. The van der Waals surface area contributed by atoms with E-state index < -0.39 is 0 Å². The highest BCUT2D eigenvalue weighted by Gasteiger charge is 2.21. The number of pyridine rings is 1. The molecule has 0 bridgehead atoms. The molecule has 1 amide bonds. The Morgan fingerprint density at radius 2 is 2.06 bits per heavy atom. The lowest BCUT2D eigenvalue weighted by Crippen LogP contribution is -2.41. The molecule has 0 saturated carbocycles. The number of morpholine rings is 1. The van der Waals surface area contributed by atoms with Gasteiger partial charge in [-0.2, -0.15) is 0 Å². The molecule has 0 spiro atoms. The predicted octanol–water partition coefficient (Wildman–Crippen LogP) is 1.17. The van der Waals surface area contributed by atoms with Gasteiger partial charge in [-0.25, -0.2) is 0 Å². The lowest BCUT2D eigenvalue weighted by Gasteiger charge is -2.27. The molecule has 1 saturated heterocycles. The van der Waals surface area contributed by atoms with Gasteiger partial charge in [0.1, 0.15) is 0 Å². The van der Waals surface area contributed by atoms with Crippen molar-refractivity contribution in [2.75, 3.05) is 26.3 Å². The zero-order valence-electron chi connectivity index (χ0n) is 9.69. The van der Waals surface area contributed by atoms with Gasteiger partial charge < -0.3 is 9.64 Å². The van der Waals surface area contributed by atoms with Crippen molar-refractivity contribution in [2.24, 2.45) is 0 Å². The largest absolute Gasteiger partial charge is 0.378 e. The minimum absolute atomic E-state index is 0.0754. The minimum atomic E-state index is 0.0754. The molecule has 1 aromatic heterocycles. The average molecular weight is 220 g/mol. The maximum Gasteiger partial charge on any atom is 0.256 e. The van der Waals surface area contributed by atoms with E-state index in [1.165, 1.54) is 0 Å². The third-order valence-electron chi connectivity index (χ3n) is 2.86. The van der Waals surface area contributed by atoms with Gasteiger partial charge >= 0.3 is 0 Å². The van der Waals surface area contributed by atoms with Gasteiger partial charge in [-0.1, -0.05) is 0 Å². The highest BCUT2D eigenvalue weighted by Crippen LogP contribution is 2.14. The van der Waals surface area contributed by atoms with Crippen LogP contribution < -0.4 is 0 Å². The monoisotopic (exact) mass is 220 g/mol. The Balaban J connectivity index is 2.26. The van der Waals surface area contributed by atoms with Gasteiger partial charge in [0.05, 0.1) is 24.5 Å². The molecule has 1 aliphatic rings. The number of hydrogen-bond acceptors (Lipinski definition) is 3. The standard InChI is InChI=1S/C12H16N2O2/c1-9-3-4-13-10(2)11(9)12(15)14-5-7-16-8-6-14/h3-4H,5-8H2,1-2H3. The summed E-state index contributed by atoms with van der Waals surface area (Å²) >= 11 is 0.